The van der Waals surface area contributed by atoms with Crippen LogP contribution in [0.2, 0.25) is 0 Å². The molecule has 0 fully saturated rings. The van der Waals surface area contributed by atoms with E-state index in [9.17, 15) is 0 Å². The molecule has 0 saturated carbocycles. The summed E-state index contributed by atoms with van der Waals surface area (Å²) in [6, 6.07) is 15.8. The summed E-state index contributed by atoms with van der Waals surface area (Å²) in [4.78, 5) is 4.29. The van der Waals surface area contributed by atoms with Gasteiger partial charge in [-0.05, 0) is 45.8 Å². The molecule has 0 amide bonds. The molecule has 3 nitrogen and oxygen atoms in total. The maximum atomic E-state index is 5.97. The summed E-state index contributed by atoms with van der Waals surface area (Å²) in [5, 5.41) is 2.26. The van der Waals surface area contributed by atoms with Gasteiger partial charge in [-0.15, -0.1) is 0 Å². The lowest BCUT2D eigenvalue weighted by Crippen LogP contribution is -2.07. The fraction of sp³-hybridized carbons (Fsp3) is 0.118. The number of fused-ring (bicyclic) bond motifs is 1. The van der Waals surface area contributed by atoms with Crippen LogP contribution >= 0.6 is 15.9 Å². The normalized spacial score (nSPS) is 12.3. The summed E-state index contributed by atoms with van der Waals surface area (Å²) >= 11 is 3.62. The van der Waals surface area contributed by atoms with E-state index in [0.717, 1.165) is 26.6 Å². The Balaban J connectivity index is 2.05. The molecule has 0 aliphatic carbocycles. The van der Waals surface area contributed by atoms with Crippen molar-refractivity contribution in [2.24, 2.45) is 5.73 Å². The number of nitrogens with two attached hydrogens (primary N) is 1. The third kappa shape index (κ3) is 2.77. The van der Waals surface area contributed by atoms with E-state index >= 15 is 0 Å². The Labute approximate surface area is 131 Å². The zero-order chi connectivity index (χ0) is 14.8. The van der Waals surface area contributed by atoms with Gasteiger partial charge in [0.05, 0.1) is 4.47 Å². The van der Waals surface area contributed by atoms with Crippen LogP contribution in [0.1, 0.15) is 18.5 Å². The molecule has 0 spiro atoms. The van der Waals surface area contributed by atoms with E-state index in [1.807, 2.05) is 43.3 Å². The molecule has 1 atom stereocenters. The Morgan fingerprint density at radius 2 is 1.90 bits per heavy atom. The predicted molar refractivity (Wildman–Crippen MR) is 88.6 cm³/mol. The number of ether oxygens (including phenoxy) is 1. The van der Waals surface area contributed by atoms with Crippen molar-refractivity contribution in [3.8, 4) is 11.6 Å². The van der Waals surface area contributed by atoms with Gasteiger partial charge >= 0.3 is 0 Å². The van der Waals surface area contributed by atoms with Crippen LogP contribution in [0.5, 0.6) is 11.6 Å². The number of hydrogen-bond donors (Lipinski definition) is 1. The highest BCUT2D eigenvalue weighted by atomic mass is 79.9. The SMILES string of the molecule is C[C@H](N)c1cccnc1Oc1ccc2ccccc2c1Br. The van der Waals surface area contributed by atoms with Crippen LogP contribution in [0.3, 0.4) is 0 Å². The predicted octanol–water partition coefficient (Wildman–Crippen LogP) is 4.81. The van der Waals surface area contributed by atoms with Gasteiger partial charge in [0.2, 0.25) is 5.88 Å². The maximum Gasteiger partial charge on any atom is 0.224 e. The lowest BCUT2D eigenvalue weighted by Gasteiger charge is -2.14. The molecule has 2 N–H and O–H groups in total. The molecule has 106 valence electrons. The standard InChI is InChI=1S/C17H15BrN2O/c1-11(19)13-7-4-10-20-17(13)21-15-9-8-12-5-2-3-6-14(12)16(15)18/h2-11H,19H2,1H3/t11-/m0/s1. The number of rotatable bonds is 3. The number of benzene rings is 2. The van der Waals surface area contributed by atoms with E-state index in [1.165, 1.54) is 0 Å². The van der Waals surface area contributed by atoms with Gasteiger partial charge in [-0.3, -0.25) is 0 Å². The number of aromatic nitrogens is 1. The minimum Gasteiger partial charge on any atom is -0.437 e. The molecule has 0 aliphatic rings. The first-order valence-electron chi connectivity index (χ1n) is 6.72. The van der Waals surface area contributed by atoms with Crippen molar-refractivity contribution in [2.75, 3.05) is 0 Å². The number of pyridine rings is 1. The average molecular weight is 343 g/mol. The molecule has 4 heteroatoms. The van der Waals surface area contributed by atoms with Crippen molar-refractivity contribution in [2.45, 2.75) is 13.0 Å². The Morgan fingerprint density at radius 1 is 1.10 bits per heavy atom. The van der Waals surface area contributed by atoms with Gasteiger partial charge in [0.25, 0.3) is 0 Å². The molecule has 0 saturated heterocycles. The molecule has 1 aromatic heterocycles. The largest absolute Gasteiger partial charge is 0.437 e. The van der Waals surface area contributed by atoms with Crippen molar-refractivity contribution in [3.63, 3.8) is 0 Å². The van der Waals surface area contributed by atoms with Crippen molar-refractivity contribution >= 4 is 26.7 Å². The molecule has 0 unspecified atom stereocenters. The van der Waals surface area contributed by atoms with Crippen LogP contribution in [-0.2, 0) is 0 Å². The highest BCUT2D eigenvalue weighted by Gasteiger charge is 2.12. The lowest BCUT2D eigenvalue weighted by atomic mass is 10.1. The summed E-state index contributed by atoms with van der Waals surface area (Å²) in [6.07, 6.45) is 1.70. The van der Waals surface area contributed by atoms with Crippen molar-refractivity contribution in [3.05, 3.63) is 64.8 Å². The molecular formula is C17H15BrN2O. The zero-order valence-electron chi connectivity index (χ0n) is 11.6. The minimum absolute atomic E-state index is 0.132. The number of nitrogens with zero attached hydrogens (tertiary/aromatic N) is 1. The van der Waals surface area contributed by atoms with Gasteiger partial charge in [-0.2, -0.15) is 0 Å². The molecule has 3 aromatic rings. The first-order chi connectivity index (χ1) is 10.2. The van der Waals surface area contributed by atoms with Gasteiger partial charge < -0.3 is 10.5 Å². The van der Waals surface area contributed by atoms with E-state index in [2.05, 4.69) is 33.0 Å². The topological polar surface area (TPSA) is 48.1 Å². The molecule has 0 aliphatic heterocycles. The second-order valence-electron chi connectivity index (χ2n) is 4.89. The molecule has 21 heavy (non-hydrogen) atoms. The van der Waals surface area contributed by atoms with E-state index in [0.29, 0.717) is 5.88 Å². The fourth-order valence-electron chi connectivity index (χ4n) is 2.23. The summed E-state index contributed by atoms with van der Waals surface area (Å²) in [5.74, 6) is 1.28. The van der Waals surface area contributed by atoms with Crippen molar-refractivity contribution < 1.29 is 4.74 Å². The summed E-state index contributed by atoms with van der Waals surface area (Å²) < 4.78 is 6.89. The minimum atomic E-state index is -0.132. The van der Waals surface area contributed by atoms with Crippen LogP contribution in [0.25, 0.3) is 10.8 Å². The third-order valence-electron chi connectivity index (χ3n) is 3.33. The lowest BCUT2D eigenvalue weighted by molar-refractivity contribution is 0.450. The van der Waals surface area contributed by atoms with Crippen LogP contribution in [0.15, 0.2) is 59.2 Å². The Morgan fingerprint density at radius 3 is 2.71 bits per heavy atom. The van der Waals surface area contributed by atoms with Crippen molar-refractivity contribution in [1.29, 1.82) is 0 Å². The Kier molecular flexibility index (Phi) is 3.90. The highest BCUT2D eigenvalue weighted by Crippen LogP contribution is 2.36. The van der Waals surface area contributed by atoms with Crippen LogP contribution < -0.4 is 10.5 Å². The second kappa shape index (κ2) is 5.84. The smallest absolute Gasteiger partial charge is 0.224 e. The quantitative estimate of drug-likeness (QED) is 0.742. The van der Waals surface area contributed by atoms with Gasteiger partial charge in [0.15, 0.2) is 0 Å². The van der Waals surface area contributed by atoms with Crippen LogP contribution in [0, 0.1) is 0 Å². The third-order valence-corrected chi connectivity index (χ3v) is 4.14. The first-order valence-corrected chi connectivity index (χ1v) is 7.51. The molecule has 0 bridgehead atoms. The molecule has 3 rings (SSSR count). The van der Waals surface area contributed by atoms with Crippen LogP contribution in [-0.4, -0.2) is 4.98 Å². The van der Waals surface area contributed by atoms with Crippen LogP contribution in [0.4, 0.5) is 0 Å². The maximum absolute atomic E-state index is 5.97. The average Bonchev–Trinajstić information content (AvgIpc) is 2.51. The zero-order valence-corrected chi connectivity index (χ0v) is 13.2. The molecular weight excluding hydrogens is 328 g/mol. The first kappa shape index (κ1) is 14.0. The summed E-state index contributed by atoms with van der Waals surface area (Å²) in [6.45, 7) is 1.92. The second-order valence-corrected chi connectivity index (χ2v) is 5.68. The van der Waals surface area contributed by atoms with Gasteiger partial charge in [-0.25, -0.2) is 4.98 Å². The van der Waals surface area contributed by atoms with Gasteiger partial charge in [0.1, 0.15) is 5.75 Å². The van der Waals surface area contributed by atoms with E-state index in [-0.39, 0.29) is 6.04 Å². The van der Waals surface area contributed by atoms with Crippen molar-refractivity contribution in [1.82, 2.24) is 4.98 Å². The van der Waals surface area contributed by atoms with Gasteiger partial charge in [-0.1, -0.05) is 36.4 Å². The summed E-state index contributed by atoms with van der Waals surface area (Å²) in [5.41, 5.74) is 6.85. The highest BCUT2D eigenvalue weighted by molar-refractivity contribution is 9.10. The molecule has 1 heterocycles. The summed E-state index contributed by atoms with van der Waals surface area (Å²) in [7, 11) is 0. The van der Waals surface area contributed by atoms with E-state index in [1.54, 1.807) is 6.20 Å². The Bertz CT molecular complexity index is 787. The number of hydrogen-bond acceptors (Lipinski definition) is 3. The molecule has 0 radical (unpaired) electrons. The van der Waals surface area contributed by atoms with Gasteiger partial charge in [0, 0.05) is 17.8 Å². The number of halogens is 1. The monoisotopic (exact) mass is 342 g/mol. The molecule has 2 aromatic carbocycles. The Hall–Kier alpha value is -1.91. The fourth-order valence-corrected chi connectivity index (χ4v) is 2.81. The van der Waals surface area contributed by atoms with E-state index < -0.39 is 0 Å². The van der Waals surface area contributed by atoms with E-state index in [4.69, 9.17) is 10.5 Å².